The Hall–Kier alpha value is -3.39. The molecule has 0 aliphatic carbocycles. The Morgan fingerprint density at radius 2 is 1.93 bits per heavy atom. The third-order valence-electron chi connectivity index (χ3n) is 4.53. The van der Waals surface area contributed by atoms with Gasteiger partial charge in [0.05, 0.1) is 0 Å². The first-order valence-corrected chi connectivity index (χ1v) is 9.26. The molecule has 0 aliphatic heterocycles. The molecule has 4 rings (SSSR count). The van der Waals surface area contributed by atoms with Gasteiger partial charge in [0.2, 0.25) is 0 Å². The number of aryl methyl sites for hydroxylation is 1. The summed E-state index contributed by atoms with van der Waals surface area (Å²) in [5.74, 6) is 1.13. The molecule has 0 fully saturated rings. The van der Waals surface area contributed by atoms with Crippen molar-refractivity contribution in [3.05, 3.63) is 69.7 Å². The molecule has 0 bridgehead atoms. The van der Waals surface area contributed by atoms with E-state index in [0.29, 0.717) is 33.9 Å². The Bertz CT molecular complexity index is 1230. The number of pyridine rings is 1. The lowest BCUT2D eigenvalue weighted by molar-refractivity contribution is 0.190. The maximum absolute atomic E-state index is 11.9. The molecule has 0 radical (unpaired) electrons. The van der Waals surface area contributed by atoms with E-state index < -0.39 is 6.10 Å². The van der Waals surface area contributed by atoms with Gasteiger partial charge >= 0.3 is 6.01 Å². The van der Waals surface area contributed by atoms with Crippen LogP contribution in [0.1, 0.15) is 18.7 Å². The van der Waals surface area contributed by atoms with Crippen LogP contribution >= 0.6 is 11.6 Å². The van der Waals surface area contributed by atoms with Gasteiger partial charge in [-0.05, 0) is 25.1 Å². The highest BCUT2D eigenvalue weighted by atomic mass is 35.5. The number of benzene rings is 1. The van der Waals surface area contributed by atoms with Crippen LogP contribution in [0.5, 0.6) is 6.01 Å². The van der Waals surface area contributed by atoms with Crippen molar-refractivity contribution >= 4 is 11.6 Å². The van der Waals surface area contributed by atoms with Gasteiger partial charge in [0, 0.05) is 48.6 Å². The third-order valence-corrected chi connectivity index (χ3v) is 4.77. The molecule has 9 heteroatoms. The van der Waals surface area contributed by atoms with Crippen LogP contribution < -0.4 is 10.3 Å². The first-order valence-electron chi connectivity index (χ1n) is 8.88. The molecule has 3 heterocycles. The average Bonchev–Trinajstić information content (AvgIpc) is 3.32. The maximum atomic E-state index is 11.9. The van der Waals surface area contributed by atoms with Gasteiger partial charge in [-0.3, -0.25) is 9.36 Å². The molecule has 148 valence electrons. The van der Waals surface area contributed by atoms with Crippen LogP contribution in [-0.2, 0) is 14.1 Å². The van der Waals surface area contributed by atoms with Gasteiger partial charge in [-0.25, -0.2) is 0 Å². The average molecular weight is 412 g/mol. The van der Waals surface area contributed by atoms with E-state index in [-0.39, 0.29) is 5.56 Å². The Morgan fingerprint density at radius 1 is 1.10 bits per heavy atom. The summed E-state index contributed by atoms with van der Waals surface area (Å²) >= 11 is 6.03. The van der Waals surface area contributed by atoms with Crippen molar-refractivity contribution in [3.8, 4) is 28.7 Å². The lowest BCUT2D eigenvalue weighted by atomic mass is 10.1. The first-order chi connectivity index (χ1) is 13.9. The fourth-order valence-corrected chi connectivity index (χ4v) is 3.02. The SMILES string of the molecule is C[C@@H](Oc1nnc(-c2ccn(C)c(=O)c2)n1C)c1cc(-c2cccc(Cl)c2)on1. The fraction of sp³-hybridized carbons (Fsp3) is 0.200. The first kappa shape index (κ1) is 18.9. The Morgan fingerprint density at radius 3 is 2.69 bits per heavy atom. The number of rotatable bonds is 5. The molecule has 0 saturated heterocycles. The van der Waals surface area contributed by atoms with E-state index in [9.17, 15) is 4.79 Å². The molecule has 0 saturated carbocycles. The molecule has 0 spiro atoms. The molecule has 1 aromatic carbocycles. The summed E-state index contributed by atoms with van der Waals surface area (Å²) in [5, 5.41) is 12.9. The minimum Gasteiger partial charge on any atom is -0.454 e. The third kappa shape index (κ3) is 3.79. The van der Waals surface area contributed by atoms with E-state index >= 15 is 0 Å². The quantitative estimate of drug-likeness (QED) is 0.498. The molecule has 29 heavy (non-hydrogen) atoms. The Balaban J connectivity index is 1.55. The van der Waals surface area contributed by atoms with E-state index in [1.807, 2.05) is 19.1 Å². The monoisotopic (exact) mass is 411 g/mol. The van der Waals surface area contributed by atoms with Gasteiger partial charge in [0.25, 0.3) is 5.56 Å². The Kier molecular flexibility index (Phi) is 4.94. The van der Waals surface area contributed by atoms with E-state index in [1.165, 1.54) is 10.6 Å². The van der Waals surface area contributed by atoms with Crippen LogP contribution in [0.25, 0.3) is 22.7 Å². The zero-order valence-corrected chi connectivity index (χ0v) is 16.8. The van der Waals surface area contributed by atoms with Crippen molar-refractivity contribution in [2.45, 2.75) is 13.0 Å². The van der Waals surface area contributed by atoms with Crippen molar-refractivity contribution in [1.29, 1.82) is 0 Å². The van der Waals surface area contributed by atoms with Gasteiger partial charge in [-0.2, -0.15) is 0 Å². The molecule has 8 nitrogen and oxygen atoms in total. The summed E-state index contributed by atoms with van der Waals surface area (Å²) in [6.45, 7) is 1.84. The highest BCUT2D eigenvalue weighted by Crippen LogP contribution is 2.28. The molecule has 0 unspecified atom stereocenters. The second kappa shape index (κ2) is 7.56. The Labute approximate surface area is 171 Å². The van der Waals surface area contributed by atoms with Crippen molar-refractivity contribution in [1.82, 2.24) is 24.5 Å². The number of aromatic nitrogens is 5. The predicted octanol–water partition coefficient (Wildman–Crippen LogP) is 3.63. The van der Waals surface area contributed by atoms with E-state index in [4.69, 9.17) is 20.9 Å². The minimum absolute atomic E-state index is 0.127. The van der Waals surface area contributed by atoms with Crippen LogP contribution in [-0.4, -0.2) is 24.5 Å². The second-order valence-corrected chi connectivity index (χ2v) is 7.05. The van der Waals surface area contributed by atoms with E-state index in [2.05, 4.69) is 15.4 Å². The molecule has 0 amide bonds. The van der Waals surface area contributed by atoms with Gasteiger partial charge in [-0.15, -0.1) is 5.10 Å². The van der Waals surface area contributed by atoms with Crippen LogP contribution in [0.15, 0.2) is 58.0 Å². The van der Waals surface area contributed by atoms with Gasteiger partial charge in [-0.1, -0.05) is 34.0 Å². The maximum Gasteiger partial charge on any atom is 0.317 e. The van der Waals surface area contributed by atoms with Crippen molar-refractivity contribution in [3.63, 3.8) is 0 Å². The molecule has 0 N–H and O–H groups in total. The molecule has 4 aromatic rings. The van der Waals surface area contributed by atoms with Crippen LogP contribution in [0.2, 0.25) is 5.02 Å². The summed E-state index contributed by atoms with van der Waals surface area (Å²) in [7, 11) is 3.46. The van der Waals surface area contributed by atoms with Crippen molar-refractivity contribution < 1.29 is 9.26 Å². The molecule has 0 aliphatic rings. The van der Waals surface area contributed by atoms with Crippen molar-refractivity contribution in [2.24, 2.45) is 14.1 Å². The molecular formula is C20H18ClN5O3. The van der Waals surface area contributed by atoms with E-state index in [0.717, 1.165) is 5.56 Å². The number of ether oxygens (including phenoxy) is 1. The normalized spacial score (nSPS) is 12.1. The van der Waals surface area contributed by atoms with Crippen LogP contribution in [0.4, 0.5) is 0 Å². The van der Waals surface area contributed by atoms with Crippen molar-refractivity contribution in [2.75, 3.05) is 0 Å². The number of nitrogens with zero attached hydrogens (tertiary/aromatic N) is 5. The van der Waals surface area contributed by atoms with Crippen LogP contribution in [0.3, 0.4) is 0 Å². The lowest BCUT2D eigenvalue weighted by Gasteiger charge is -2.11. The topological polar surface area (TPSA) is 88.0 Å². The number of hydrogen-bond donors (Lipinski definition) is 0. The molecule has 1 atom stereocenters. The van der Waals surface area contributed by atoms with Gasteiger partial charge in [0.1, 0.15) is 11.8 Å². The van der Waals surface area contributed by atoms with Gasteiger partial charge in [0.15, 0.2) is 11.6 Å². The predicted molar refractivity (Wildman–Crippen MR) is 108 cm³/mol. The zero-order chi connectivity index (χ0) is 20.5. The summed E-state index contributed by atoms with van der Waals surface area (Å²) in [6, 6.07) is 12.7. The summed E-state index contributed by atoms with van der Waals surface area (Å²) in [5.41, 5.74) is 1.97. The van der Waals surface area contributed by atoms with Gasteiger partial charge < -0.3 is 13.8 Å². The smallest absolute Gasteiger partial charge is 0.317 e. The lowest BCUT2D eigenvalue weighted by Crippen LogP contribution is -2.14. The van der Waals surface area contributed by atoms with Crippen LogP contribution in [0, 0.1) is 0 Å². The second-order valence-electron chi connectivity index (χ2n) is 6.62. The summed E-state index contributed by atoms with van der Waals surface area (Å²) < 4.78 is 14.5. The number of hydrogen-bond acceptors (Lipinski definition) is 6. The highest BCUT2D eigenvalue weighted by Gasteiger charge is 2.19. The molecular weight excluding hydrogens is 394 g/mol. The minimum atomic E-state index is -0.425. The summed E-state index contributed by atoms with van der Waals surface area (Å²) in [4.78, 5) is 11.9. The molecule has 3 aromatic heterocycles. The summed E-state index contributed by atoms with van der Waals surface area (Å²) in [6.07, 6.45) is 1.26. The fourth-order valence-electron chi connectivity index (χ4n) is 2.83. The highest BCUT2D eigenvalue weighted by molar-refractivity contribution is 6.30. The zero-order valence-electron chi connectivity index (χ0n) is 16.0. The van der Waals surface area contributed by atoms with E-state index in [1.54, 1.807) is 49.1 Å². The number of halogens is 1. The standard InChI is InChI=1S/C20H18ClN5O3/c1-12(16-11-17(29-24-16)13-5-4-6-15(21)9-13)28-20-23-22-19(26(20)3)14-7-8-25(2)18(27)10-14/h4-12H,1-3H3/t12-/m1/s1. The largest absolute Gasteiger partial charge is 0.454 e.